The average molecular weight is 469 g/mol. The molecule has 9 heteroatoms. The number of nitrogens with two attached hydrogens (primary N) is 1. The van der Waals surface area contributed by atoms with Crippen LogP contribution in [0.25, 0.3) is 0 Å². The Morgan fingerprint density at radius 3 is 2.53 bits per heavy atom. The molecular weight excluding hydrogens is 443 g/mol. The van der Waals surface area contributed by atoms with Crippen LogP contribution in [-0.4, -0.2) is 74.2 Å². The number of hydrogen-bond donors (Lipinski definition) is 2. The number of nitrogens with zero attached hydrogens (tertiary/aromatic N) is 4. The van der Waals surface area contributed by atoms with Crippen LogP contribution in [0.5, 0.6) is 0 Å². The summed E-state index contributed by atoms with van der Waals surface area (Å²) >= 11 is -0.399. The summed E-state index contributed by atoms with van der Waals surface area (Å²) in [5, 5.41) is 3.29. The number of primary amides is 1. The van der Waals surface area contributed by atoms with Gasteiger partial charge in [0.15, 0.2) is 0 Å². The molecule has 2 aliphatic rings. The summed E-state index contributed by atoms with van der Waals surface area (Å²) in [4.78, 5) is 36.5. The van der Waals surface area contributed by atoms with Gasteiger partial charge >= 0.3 is 183 Å². The molecular formula is C21H26AsN6O2. The molecule has 1 saturated heterocycles. The van der Waals surface area contributed by atoms with Gasteiger partial charge in [0.25, 0.3) is 0 Å². The van der Waals surface area contributed by atoms with E-state index >= 15 is 0 Å². The van der Waals surface area contributed by atoms with Crippen molar-refractivity contribution in [2.75, 3.05) is 29.9 Å². The van der Waals surface area contributed by atoms with Crippen molar-refractivity contribution in [1.82, 2.24) is 14.9 Å². The van der Waals surface area contributed by atoms with Crippen molar-refractivity contribution in [1.29, 1.82) is 0 Å². The molecule has 157 valence electrons. The molecule has 0 spiro atoms. The van der Waals surface area contributed by atoms with Crippen molar-refractivity contribution in [3.63, 3.8) is 0 Å². The van der Waals surface area contributed by atoms with Crippen LogP contribution >= 0.6 is 0 Å². The van der Waals surface area contributed by atoms with E-state index in [0.717, 1.165) is 42.8 Å². The number of carbonyl (C=O) groups excluding carboxylic acids is 2. The molecule has 1 unspecified atom stereocenters. The van der Waals surface area contributed by atoms with Crippen molar-refractivity contribution in [3.05, 3.63) is 36.0 Å². The van der Waals surface area contributed by atoms with E-state index in [1.165, 1.54) is 10.5 Å². The third kappa shape index (κ3) is 4.75. The topological polar surface area (TPSA) is 104 Å². The van der Waals surface area contributed by atoms with Gasteiger partial charge in [0.1, 0.15) is 0 Å². The molecule has 2 aromatic rings. The van der Waals surface area contributed by atoms with Crippen LogP contribution in [-0.2, 0) is 4.79 Å². The maximum absolute atomic E-state index is 11.7. The molecule has 1 aliphatic carbocycles. The van der Waals surface area contributed by atoms with E-state index in [4.69, 9.17) is 5.73 Å². The van der Waals surface area contributed by atoms with E-state index < -0.39 is 21.7 Å². The van der Waals surface area contributed by atoms with Gasteiger partial charge in [-0.05, 0) is 0 Å². The van der Waals surface area contributed by atoms with Crippen molar-refractivity contribution < 1.29 is 9.59 Å². The molecule has 2 heterocycles. The third-order valence-electron chi connectivity index (χ3n) is 5.44. The second kappa shape index (κ2) is 8.64. The number of piperazine rings is 1. The zero-order chi connectivity index (χ0) is 21.3. The fourth-order valence-electron chi connectivity index (χ4n) is 3.65. The van der Waals surface area contributed by atoms with Gasteiger partial charge in [0.05, 0.1) is 0 Å². The second-order valence-corrected chi connectivity index (χ2v) is 10.2. The Labute approximate surface area is 182 Å². The number of hydrogen-bond acceptors (Lipinski definition) is 6. The number of anilines is 2. The van der Waals surface area contributed by atoms with Gasteiger partial charge in [-0.2, -0.15) is 0 Å². The van der Waals surface area contributed by atoms with E-state index in [-0.39, 0.29) is 11.9 Å². The molecule has 1 aromatic heterocycles. The molecule has 2 fully saturated rings. The molecule has 4 rings (SSSR count). The molecule has 0 bridgehead atoms. The number of nitrogens with one attached hydrogen (secondary N) is 1. The van der Waals surface area contributed by atoms with Gasteiger partial charge < -0.3 is 0 Å². The number of benzene rings is 1. The molecule has 1 saturated carbocycles. The van der Waals surface area contributed by atoms with Crippen LogP contribution in [0.4, 0.5) is 11.5 Å². The molecule has 30 heavy (non-hydrogen) atoms. The average Bonchev–Trinajstić information content (AvgIpc) is 3.52. The Bertz CT molecular complexity index is 947. The van der Waals surface area contributed by atoms with Crippen LogP contribution in [0.3, 0.4) is 0 Å². The van der Waals surface area contributed by atoms with Crippen LogP contribution in [0, 0.1) is 0 Å². The first-order chi connectivity index (χ1) is 14.4. The molecule has 1 aliphatic heterocycles. The van der Waals surface area contributed by atoms with Crippen LogP contribution in [0.1, 0.15) is 37.0 Å². The summed E-state index contributed by atoms with van der Waals surface area (Å²) in [5.74, 6) is 0.183. The molecule has 3 N–H and O–H groups in total. The fraction of sp³-hybridized carbons (Fsp3) is 0.429. The van der Waals surface area contributed by atoms with E-state index in [2.05, 4.69) is 51.4 Å². The number of aromatic nitrogens is 2. The fourth-order valence-corrected chi connectivity index (χ4v) is 5.32. The zero-order valence-electron chi connectivity index (χ0n) is 17.2. The van der Waals surface area contributed by atoms with E-state index in [0.29, 0.717) is 17.4 Å². The predicted molar refractivity (Wildman–Crippen MR) is 118 cm³/mol. The first kappa shape index (κ1) is 20.7. The van der Waals surface area contributed by atoms with E-state index in [9.17, 15) is 9.59 Å². The number of amides is 2. The van der Waals surface area contributed by atoms with Crippen molar-refractivity contribution in [2.45, 2.75) is 38.8 Å². The summed E-state index contributed by atoms with van der Waals surface area (Å²) in [6.07, 6.45) is 3.72. The molecule has 8 nitrogen and oxygen atoms in total. The third-order valence-corrected chi connectivity index (χ3v) is 7.47. The number of rotatable bonds is 6. The monoisotopic (exact) mass is 469 g/mol. The Morgan fingerprint density at radius 1 is 1.20 bits per heavy atom. The quantitative estimate of drug-likeness (QED) is 0.571. The van der Waals surface area contributed by atoms with Crippen molar-refractivity contribution >= 4 is 48.0 Å². The summed E-state index contributed by atoms with van der Waals surface area (Å²) in [5.41, 5.74) is 6.97. The summed E-state index contributed by atoms with van der Waals surface area (Å²) in [7, 11) is 0. The Kier molecular flexibility index (Phi) is 5.95. The first-order valence-electron chi connectivity index (χ1n) is 10.2. The van der Waals surface area contributed by atoms with Crippen LogP contribution < -0.4 is 24.9 Å². The molecule has 2 amide bonds. The van der Waals surface area contributed by atoms with Crippen molar-refractivity contribution in [3.8, 4) is 0 Å². The Balaban J connectivity index is 1.43. The standard InChI is InChI=1S/C21H26AsN6O2/c1-13-12-27(9-10-28(13)14(2)29)17-7-3-15(4-8-17)22-21-24-11-18(19(23)30)20(26-21)25-16-5-6-16/h3-4,7-8,11,13,16H,5-6,9-10,12H2,1-2H3,(H2,23,30)(H,24,25,26). The van der Waals surface area contributed by atoms with Gasteiger partial charge in [0.2, 0.25) is 0 Å². The van der Waals surface area contributed by atoms with E-state index in [1.54, 1.807) is 6.92 Å². The van der Waals surface area contributed by atoms with E-state index in [1.807, 2.05) is 4.90 Å². The normalized spacial score (nSPS) is 19.3. The van der Waals surface area contributed by atoms with Gasteiger partial charge in [0, 0.05) is 0 Å². The maximum atomic E-state index is 11.7. The van der Waals surface area contributed by atoms with Crippen molar-refractivity contribution in [2.24, 2.45) is 5.73 Å². The van der Waals surface area contributed by atoms with Gasteiger partial charge in [-0.3, -0.25) is 0 Å². The van der Waals surface area contributed by atoms with Gasteiger partial charge in [-0.25, -0.2) is 0 Å². The molecule has 1 aromatic carbocycles. The second-order valence-electron chi connectivity index (χ2n) is 7.85. The Hall–Kier alpha value is -2.60. The first-order valence-corrected chi connectivity index (χ1v) is 12.1. The minimum absolute atomic E-state index is 0.138. The predicted octanol–water partition coefficient (Wildman–Crippen LogP) is -0.138. The zero-order valence-corrected chi connectivity index (χ0v) is 19.1. The van der Waals surface area contributed by atoms with Gasteiger partial charge in [-0.15, -0.1) is 0 Å². The number of carbonyl (C=O) groups is 2. The van der Waals surface area contributed by atoms with Crippen LogP contribution in [0.15, 0.2) is 30.5 Å². The molecule has 1 radical (unpaired) electrons. The van der Waals surface area contributed by atoms with Gasteiger partial charge in [-0.1, -0.05) is 0 Å². The minimum atomic E-state index is -0.510. The summed E-state index contributed by atoms with van der Waals surface area (Å²) < 4.78 is 1.94. The molecule has 1 atom stereocenters. The Morgan fingerprint density at radius 2 is 1.93 bits per heavy atom. The van der Waals surface area contributed by atoms with Crippen LogP contribution in [0.2, 0.25) is 0 Å². The summed E-state index contributed by atoms with van der Waals surface area (Å²) in [6, 6.07) is 9.08. The summed E-state index contributed by atoms with van der Waals surface area (Å²) in [6.45, 7) is 6.15. The SMILES string of the molecule is CC(=O)N1CCN(c2ccc([As]c3ncc(C(N)=O)c(NC4CC4)n3)cc2)CC1C.